The zero-order valence-electron chi connectivity index (χ0n) is 11.7. The van der Waals surface area contributed by atoms with Crippen LogP contribution in [0.1, 0.15) is 32.9 Å². The van der Waals surface area contributed by atoms with Gasteiger partial charge in [-0.1, -0.05) is 12.1 Å². The lowest BCUT2D eigenvalue weighted by atomic mass is 10.1. The summed E-state index contributed by atoms with van der Waals surface area (Å²) in [6, 6.07) is 9.05. The van der Waals surface area contributed by atoms with Crippen LogP contribution >= 0.6 is 11.3 Å². The molecule has 1 aliphatic rings. The van der Waals surface area contributed by atoms with E-state index in [2.05, 4.69) is 0 Å². The van der Waals surface area contributed by atoms with Gasteiger partial charge in [-0.25, -0.2) is 0 Å². The molecule has 1 aliphatic heterocycles. The van der Waals surface area contributed by atoms with Crippen LogP contribution in [0.2, 0.25) is 0 Å². The van der Waals surface area contributed by atoms with Crippen molar-refractivity contribution < 1.29 is 14.3 Å². The molecule has 3 rings (SSSR count). The number of carbonyl (C=O) groups excluding carboxylic acids is 2. The highest BCUT2D eigenvalue weighted by Gasteiger charge is 2.26. The Balaban J connectivity index is 1.99. The third-order valence-corrected chi connectivity index (χ3v) is 4.44. The van der Waals surface area contributed by atoms with Crippen LogP contribution in [0.5, 0.6) is 5.75 Å². The molecule has 21 heavy (non-hydrogen) atoms. The van der Waals surface area contributed by atoms with E-state index < -0.39 is 0 Å². The number of amides is 1. The maximum Gasteiger partial charge on any atom is 0.268 e. The van der Waals surface area contributed by atoms with Crippen molar-refractivity contribution >= 4 is 28.7 Å². The first-order chi connectivity index (χ1) is 10.2. The number of rotatable bonds is 2. The van der Waals surface area contributed by atoms with Crippen LogP contribution < -0.4 is 9.64 Å². The number of hydrogen-bond donors (Lipinski definition) is 0. The van der Waals surface area contributed by atoms with Gasteiger partial charge in [0.05, 0.1) is 17.7 Å². The van der Waals surface area contributed by atoms with E-state index in [1.54, 1.807) is 24.1 Å². The van der Waals surface area contributed by atoms with Gasteiger partial charge in [0.25, 0.3) is 5.91 Å². The smallest absolute Gasteiger partial charge is 0.268 e. The fourth-order valence-electron chi connectivity index (χ4n) is 2.48. The van der Waals surface area contributed by atoms with Crippen LogP contribution in [-0.4, -0.2) is 25.3 Å². The quantitative estimate of drug-likeness (QED) is 0.854. The number of thiophene rings is 1. The second kappa shape index (κ2) is 5.69. The van der Waals surface area contributed by atoms with Crippen LogP contribution in [0.25, 0.3) is 0 Å². The second-order valence-electron chi connectivity index (χ2n) is 4.85. The van der Waals surface area contributed by atoms with E-state index in [1.807, 2.05) is 23.6 Å². The highest BCUT2D eigenvalue weighted by molar-refractivity contribution is 7.12. The summed E-state index contributed by atoms with van der Waals surface area (Å²) < 4.78 is 5.13. The minimum absolute atomic E-state index is 0.0783. The summed E-state index contributed by atoms with van der Waals surface area (Å²) in [7, 11) is 1.58. The molecule has 0 bridgehead atoms. The Labute approximate surface area is 127 Å². The molecule has 2 heterocycles. The predicted octanol–water partition coefficient (Wildman–Crippen LogP) is 3.38. The van der Waals surface area contributed by atoms with Crippen LogP contribution in [0.15, 0.2) is 35.7 Å². The maximum atomic E-state index is 12.7. The fourth-order valence-corrected chi connectivity index (χ4v) is 3.28. The Kier molecular flexibility index (Phi) is 3.75. The van der Waals surface area contributed by atoms with Crippen molar-refractivity contribution in [3.05, 3.63) is 46.2 Å². The molecule has 0 atom stereocenters. The van der Waals surface area contributed by atoms with E-state index >= 15 is 0 Å². The molecule has 0 saturated carbocycles. The zero-order chi connectivity index (χ0) is 14.8. The van der Waals surface area contributed by atoms with Crippen molar-refractivity contribution in [2.45, 2.75) is 12.8 Å². The summed E-state index contributed by atoms with van der Waals surface area (Å²) in [5.74, 6) is 0.706. The molecule has 5 heteroatoms. The van der Waals surface area contributed by atoms with Gasteiger partial charge in [0, 0.05) is 30.0 Å². The number of anilines is 1. The van der Waals surface area contributed by atoms with Gasteiger partial charge < -0.3 is 9.64 Å². The molecule has 0 spiro atoms. The Bertz CT molecular complexity index is 692. The van der Waals surface area contributed by atoms with Crippen LogP contribution in [0.4, 0.5) is 5.69 Å². The summed E-state index contributed by atoms with van der Waals surface area (Å²) in [6.07, 6.45) is 1.16. The summed E-state index contributed by atoms with van der Waals surface area (Å²) in [5.41, 5.74) is 1.34. The molecule has 108 valence electrons. The number of carbonyl (C=O) groups is 2. The lowest BCUT2D eigenvalue weighted by Gasteiger charge is -2.21. The lowest BCUT2D eigenvalue weighted by Crippen LogP contribution is -2.31. The lowest BCUT2D eigenvalue weighted by molar-refractivity contribution is 0.0975. The standard InChI is InChI=1S/C16H15NO3S/c1-20-11-9-15(21-10-11)16(19)17-8-4-7-14(18)12-5-2-3-6-13(12)17/h2-3,5-6,9-10H,4,7-8H2,1H3. The SMILES string of the molecule is COc1csc(C(=O)N2CCCC(=O)c3ccccc32)c1. The molecule has 0 radical (unpaired) electrons. The third kappa shape index (κ3) is 2.56. The highest BCUT2D eigenvalue weighted by atomic mass is 32.1. The van der Waals surface area contributed by atoms with Gasteiger partial charge in [0.2, 0.25) is 0 Å². The van der Waals surface area contributed by atoms with Gasteiger partial charge in [-0.2, -0.15) is 0 Å². The van der Waals surface area contributed by atoms with E-state index in [4.69, 9.17) is 4.74 Å². The van der Waals surface area contributed by atoms with E-state index in [1.165, 1.54) is 11.3 Å². The Morgan fingerprint density at radius 1 is 1.33 bits per heavy atom. The monoisotopic (exact) mass is 301 g/mol. The number of hydrogen-bond acceptors (Lipinski definition) is 4. The Morgan fingerprint density at radius 3 is 2.90 bits per heavy atom. The number of ketones is 1. The molecule has 1 aromatic carbocycles. The molecule has 0 fully saturated rings. The van der Waals surface area contributed by atoms with Crippen LogP contribution in [-0.2, 0) is 0 Å². The van der Waals surface area contributed by atoms with Gasteiger partial charge >= 0.3 is 0 Å². The van der Waals surface area contributed by atoms with Crippen molar-refractivity contribution in [2.24, 2.45) is 0 Å². The largest absolute Gasteiger partial charge is 0.496 e. The summed E-state index contributed by atoms with van der Waals surface area (Å²) in [5, 5.41) is 1.81. The number of fused-ring (bicyclic) bond motifs is 1. The first kappa shape index (κ1) is 13.8. The molecule has 0 N–H and O–H groups in total. The highest BCUT2D eigenvalue weighted by Crippen LogP contribution is 2.30. The fraction of sp³-hybridized carbons (Fsp3) is 0.250. The number of para-hydroxylation sites is 1. The van der Waals surface area contributed by atoms with Gasteiger partial charge in [-0.15, -0.1) is 11.3 Å². The molecule has 1 aromatic heterocycles. The molecule has 1 amide bonds. The van der Waals surface area contributed by atoms with E-state index in [-0.39, 0.29) is 11.7 Å². The molecular weight excluding hydrogens is 286 g/mol. The van der Waals surface area contributed by atoms with E-state index in [9.17, 15) is 9.59 Å². The summed E-state index contributed by atoms with van der Waals surface area (Å²) in [4.78, 5) is 27.1. The van der Waals surface area contributed by atoms with Crippen molar-refractivity contribution in [3.63, 3.8) is 0 Å². The minimum atomic E-state index is -0.0783. The van der Waals surface area contributed by atoms with Gasteiger partial charge in [-0.3, -0.25) is 9.59 Å². The van der Waals surface area contributed by atoms with Crippen LogP contribution in [0, 0.1) is 0 Å². The first-order valence-electron chi connectivity index (χ1n) is 6.77. The Hall–Kier alpha value is -2.14. The maximum absolute atomic E-state index is 12.7. The number of benzene rings is 1. The van der Waals surface area contributed by atoms with Gasteiger partial charge in [0.15, 0.2) is 5.78 Å². The van der Waals surface area contributed by atoms with Crippen molar-refractivity contribution in [1.29, 1.82) is 0 Å². The average molecular weight is 301 g/mol. The molecule has 0 saturated heterocycles. The normalized spacial score (nSPS) is 14.5. The molecule has 2 aromatic rings. The predicted molar refractivity (Wildman–Crippen MR) is 82.6 cm³/mol. The average Bonchev–Trinajstić information content (AvgIpc) is 2.93. The van der Waals surface area contributed by atoms with Crippen molar-refractivity contribution in [1.82, 2.24) is 0 Å². The molecule has 0 aliphatic carbocycles. The topological polar surface area (TPSA) is 46.6 Å². The number of methoxy groups -OCH3 is 1. The minimum Gasteiger partial charge on any atom is -0.496 e. The van der Waals surface area contributed by atoms with Crippen LogP contribution in [0.3, 0.4) is 0 Å². The number of ether oxygens (including phenoxy) is 1. The zero-order valence-corrected chi connectivity index (χ0v) is 12.5. The molecular formula is C16H15NO3S. The number of nitrogens with zero attached hydrogens (tertiary/aromatic N) is 1. The van der Waals surface area contributed by atoms with Crippen molar-refractivity contribution in [3.8, 4) is 5.75 Å². The summed E-state index contributed by atoms with van der Waals surface area (Å²) in [6.45, 7) is 0.557. The van der Waals surface area contributed by atoms with Gasteiger partial charge in [0.1, 0.15) is 5.75 Å². The van der Waals surface area contributed by atoms with Crippen molar-refractivity contribution in [2.75, 3.05) is 18.6 Å². The van der Waals surface area contributed by atoms with E-state index in [0.717, 1.165) is 0 Å². The van der Waals surface area contributed by atoms with E-state index in [0.29, 0.717) is 41.3 Å². The Morgan fingerprint density at radius 2 is 2.14 bits per heavy atom. The molecule has 4 nitrogen and oxygen atoms in total. The summed E-state index contributed by atoms with van der Waals surface area (Å²) >= 11 is 1.36. The first-order valence-corrected chi connectivity index (χ1v) is 7.65. The second-order valence-corrected chi connectivity index (χ2v) is 5.76. The van der Waals surface area contributed by atoms with Gasteiger partial charge in [-0.05, 0) is 18.6 Å². The molecule has 0 unspecified atom stereocenters. The third-order valence-electron chi connectivity index (χ3n) is 3.55. The number of Topliss-reactive ketones (excluding diaryl/α,β-unsaturated/α-hetero) is 1.